The summed E-state index contributed by atoms with van der Waals surface area (Å²) in [7, 11) is 0. The number of nitrogens with one attached hydrogen (secondary N) is 1. The van der Waals surface area contributed by atoms with Crippen LogP contribution in [-0.4, -0.2) is 45.6 Å². The third-order valence-electron chi connectivity index (χ3n) is 3.45. The van der Waals surface area contributed by atoms with Gasteiger partial charge in [-0.25, -0.2) is 0 Å². The van der Waals surface area contributed by atoms with Crippen LogP contribution in [0.5, 0.6) is 0 Å². The summed E-state index contributed by atoms with van der Waals surface area (Å²) in [6, 6.07) is 0.463. The Kier molecular flexibility index (Phi) is 5.57. The zero-order chi connectivity index (χ0) is 14.4. The molecule has 0 amide bonds. The van der Waals surface area contributed by atoms with Crippen molar-refractivity contribution in [1.29, 1.82) is 0 Å². The van der Waals surface area contributed by atoms with Gasteiger partial charge in [-0.1, -0.05) is 25.0 Å². The quantitative estimate of drug-likeness (QED) is 0.686. The third-order valence-corrected chi connectivity index (χ3v) is 3.45. The van der Waals surface area contributed by atoms with E-state index >= 15 is 0 Å². The van der Waals surface area contributed by atoms with Crippen molar-refractivity contribution >= 4 is 0 Å². The Morgan fingerprint density at radius 1 is 1.55 bits per heavy atom. The maximum absolute atomic E-state index is 5.43. The first-order valence-corrected chi connectivity index (χ1v) is 7.45. The van der Waals surface area contributed by atoms with E-state index in [1.165, 1.54) is 12.8 Å². The SMILES string of the molecule is C#CCN(CCn1cc(CNC(C)C)nn1)CC1CC1. The van der Waals surface area contributed by atoms with Gasteiger partial charge in [0.2, 0.25) is 0 Å². The topological polar surface area (TPSA) is 46.0 Å². The molecular formula is C15H25N5. The molecule has 110 valence electrons. The molecule has 5 heteroatoms. The van der Waals surface area contributed by atoms with Crippen molar-refractivity contribution in [1.82, 2.24) is 25.2 Å². The molecular weight excluding hydrogens is 250 g/mol. The molecule has 1 aromatic heterocycles. The molecule has 0 aliphatic heterocycles. The monoisotopic (exact) mass is 275 g/mol. The number of nitrogens with zero attached hydrogens (tertiary/aromatic N) is 4. The normalized spacial score (nSPS) is 14.9. The fourth-order valence-electron chi connectivity index (χ4n) is 2.11. The lowest BCUT2D eigenvalue weighted by atomic mass is 10.3. The highest BCUT2D eigenvalue weighted by Crippen LogP contribution is 2.29. The van der Waals surface area contributed by atoms with Gasteiger partial charge in [0.25, 0.3) is 0 Å². The molecule has 2 rings (SSSR count). The number of terminal acetylenes is 1. The minimum absolute atomic E-state index is 0.463. The molecule has 0 radical (unpaired) electrons. The Labute approximate surface area is 121 Å². The second-order valence-corrected chi connectivity index (χ2v) is 5.89. The summed E-state index contributed by atoms with van der Waals surface area (Å²) in [6.07, 6.45) is 10.2. The Morgan fingerprint density at radius 3 is 3.00 bits per heavy atom. The Balaban J connectivity index is 1.75. The zero-order valence-electron chi connectivity index (χ0n) is 12.5. The fraction of sp³-hybridized carbons (Fsp3) is 0.733. The molecule has 0 aromatic carbocycles. The Morgan fingerprint density at radius 2 is 2.35 bits per heavy atom. The molecule has 0 saturated heterocycles. The van der Waals surface area contributed by atoms with Crippen molar-refractivity contribution in [3.8, 4) is 12.3 Å². The van der Waals surface area contributed by atoms with Gasteiger partial charge in [0.1, 0.15) is 0 Å². The van der Waals surface area contributed by atoms with Crippen LogP contribution in [0.1, 0.15) is 32.4 Å². The van der Waals surface area contributed by atoms with Gasteiger partial charge >= 0.3 is 0 Å². The first kappa shape index (κ1) is 15.0. The van der Waals surface area contributed by atoms with Gasteiger partial charge in [-0.2, -0.15) is 0 Å². The molecule has 20 heavy (non-hydrogen) atoms. The Hall–Kier alpha value is -1.38. The molecule has 5 nitrogen and oxygen atoms in total. The van der Waals surface area contributed by atoms with Crippen molar-refractivity contribution in [2.45, 2.75) is 45.8 Å². The van der Waals surface area contributed by atoms with E-state index in [2.05, 4.69) is 40.3 Å². The molecule has 1 heterocycles. The molecule has 1 aromatic rings. The lowest BCUT2D eigenvalue weighted by Gasteiger charge is -2.18. The predicted molar refractivity (Wildman–Crippen MR) is 80.0 cm³/mol. The van der Waals surface area contributed by atoms with Crippen LogP contribution in [-0.2, 0) is 13.1 Å². The van der Waals surface area contributed by atoms with E-state index in [0.717, 1.165) is 44.3 Å². The van der Waals surface area contributed by atoms with E-state index in [4.69, 9.17) is 6.42 Å². The number of rotatable bonds is 9. The number of hydrogen-bond acceptors (Lipinski definition) is 4. The Bertz CT molecular complexity index is 441. The van der Waals surface area contributed by atoms with Gasteiger partial charge in [0, 0.05) is 31.9 Å². The lowest BCUT2D eigenvalue weighted by molar-refractivity contribution is 0.276. The molecule has 1 N–H and O–H groups in total. The van der Waals surface area contributed by atoms with Crippen LogP contribution in [0.15, 0.2) is 6.20 Å². The van der Waals surface area contributed by atoms with E-state index in [0.29, 0.717) is 6.04 Å². The maximum atomic E-state index is 5.43. The second-order valence-electron chi connectivity index (χ2n) is 5.89. The van der Waals surface area contributed by atoms with Gasteiger partial charge in [0.05, 0.1) is 18.8 Å². The van der Waals surface area contributed by atoms with E-state index < -0.39 is 0 Å². The second kappa shape index (κ2) is 7.41. The average Bonchev–Trinajstić information content (AvgIpc) is 3.11. The van der Waals surface area contributed by atoms with Gasteiger partial charge in [0.15, 0.2) is 0 Å². The smallest absolute Gasteiger partial charge is 0.0964 e. The minimum Gasteiger partial charge on any atom is -0.309 e. The first-order valence-electron chi connectivity index (χ1n) is 7.45. The van der Waals surface area contributed by atoms with Crippen molar-refractivity contribution in [2.75, 3.05) is 19.6 Å². The van der Waals surface area contributed by atoms with E-state index in [1.807, 2.05) is 10.9 Å². The molecule has 0 unspecified atom stereocenters. The molecule has 0 bridgehead atoms. The molecule has 1 saturated carbocycles. The molecule has 0 atom stereocenters. The highest BCUT2D eigenvalue weighted by molar-refractivity contribution is 4.93. The number of hydrogen-bond donors (Lipinski definition) is 1. The summed E-state index contributed by atoms with van der Waals surface area (Å²) in [5.74, 6) is 3.61. The molecule has 0 spiro atoms. The van der Waals surface area contributed by atoms with Crippen LogP contribution in [0.3, 0.4) is 0 Å². The van der Waals surface area contributed by atoms with Gasteiger partial charge in [-0.3, -0.25) is 9.58 Å². The van der Waals surface area contributed by atoms with Crippen molar-refractivity contribution in [2.24, 2.45) is 5.92 Å². The summed E-state index contributed by atoms with van der Waals surface area (Å²) in [5.41, 5.74) is 0.990. The van der Waals surface area contributed by atoms with Crippen LogP contribution < -0.4 is 5.32 Å². The first-order chi connectivity index (χ1) is 9.67. The van der Waals surface area contributed by atoms with E-state index in [-0.39, 0.29) is 0 Å². The van der Waals surface area contributed by atoms with Crippen LogP contribution in [0, 0.1) is 18.3 Å². The van der Waals surface area contributed by atoms with Gasteiger partial charge in [-0.15, -0.1) is 11.5 Å². The zero-order valence-corrected chi connectivity index (χ0v) is 12.5. The summed E-state index contributed by atoms with van der Waals surface area (Å²) < 4.78 is 1.91. The van der Waals surface area contributed by atoms with Gasteiger partial charge in [-0.05, 0) is 18.8 Å². The third kappa shape index (κ3) is 5.32. The lowest BCUT2D eigenvalue weighted by Crippen LogP contribution is -2.30. The highest BCUT2D eigenvalue weighted by Gasteiger charge is 2.23. The summed E-state index contributed by atoms with van der Waals surface area (Å²) in [5, 5.41) is 11.7. The highest BCUT2D eigenvalue weighted by atomic mass is 15.4. The summed E-state index contributed by atoms with van der Waals surface area (Å²) >= 11 is 0. The summed E-state index contributed by atoms with van der Waals surface area (Å²) in [4.78, 5) is 2.34. The van der Waals surface area contributed by atoms with Crippen molar-refractivity contribution in [3.05, 3.63) is 11.9 Å². The molecule has 1 aliphatic carbocycles. The maximum Gasteiger partial charge on any atom is 0.0964 e. The minimum atomic E-state index is 0.463. The fourth-order valence-corrected chi connectivity index (χ4v) is 2.11. The molecule has 1 aliphatic rings. The van der Waals surface area contributed by atoms with Crippen molar-refractivity contribution in [3.63, 3.8) is 0 Å². The van der Waals surface area contributed by atoms with Gasteiger partial charge < -0.3 is 5.32 Å². The predicted octanol–water partition coefficient (Wildman–Crippen LogP) is 1.12. The van der Waals surface area contributed by atoms with Crippen LogP contribution in [0.25, 0.3) is 0 Å². The average molecular weight is 275 g/mol. The van der Waals surface area contributed by atoms with E-state index in [1.54, 1.807) is 0 Å². The van der Waals surface area contributed by atoms with Crippen molar-refractivity contribution < 1.29 is 0 Å². The van der Waals surface area contributed by atoms with E-state index in [9.17, 15) is 0 Å². The van der Waals surface area contributed by atoms with Crippen LogP contribution in [0.2, 0.25) is 0 Å². The standard InChI is InChI=1S/C15H25N5/c1-4-7-19(11-14-5-6-14)8-9-20-12-15(17-18-20)10-16-13(2)3/h1,12-14,16H,5-11H2,2-3H3. The molecule has 1 fully saturated rings. The van der Waals surface area contributed by atoms with Crippen LogP contribution >= 0.6 is 0 Å². The largest absolute Gasteiger partial charge is 0.309 e. The number of aromatic nitrogens is 3. The summed E-state index contributed by atoms with van der Waals surface area (Å²) in [6.45, 7) is 8.67. The van der Waals surface area contributed by atoms with Crippen LogP contribution in [0.4, 0.5) is 0 Å².